The molecular weight excluding hydrogens is 334 g/mol. The number of thiazole rings is 1. The average Bonchev–Trinajstić information content (AvgIpc) is 3.23. The SMILES string of the molecule is CN1CCc2cc(C(O)CNC(=O)c3nc4ccccc4s3)ccc21. The molecule has 0 spiro atoms. The maximum atomic E-state index is 12.3. The van der Waals surface area contributed by atoms with Crippen LogP contribution >= 0.6 is 11.3 Å². The van der Waals surface area contributed by atoms with Crippen LogP contribution in [-0.2, 0) is 6.42 Å². The van der Waals surface area contributed by atoms with Crippen LogP contribution in [0.1, 0.15) is 27.0 Å². The zero-order valence-corrected chi connectivity index (χ0v) is 14.7. The van der Waals surface area contributed by atoms with Gasteiger partial charge >= 0.3 is 0 Å². The Hall–Kier alpha value is -2.44. The van der Waals surface area contributed by atoms with Crippen LogP contribution in [0.2, 0.25) is 0 Å². The number of para-hydroxylation sites is 1. The summed E-state index contributed by atoms with van der Waals surface area (Å²) in [6.45, 7) is 1.17. The highest BCUT2D eigenvalue weighted by Gasteiger charge is 2.19. The molecule has 2 N–H and O–H groups in total. The number of aliphatic hydroxyl groups excluding tert-OH is 1. The summed E-state index contributed by atoms with van der Waals surface area (Å²) in [7, 11) is 2.07. The second-order valence-electron chi connectivity index (χ2n) is 6.27. The number of aromatic nitrogens is 1. The van der Waals surface area contributed by atoms with Gasteiger partial charge in [-0.2, -0.15) is 0 Å². The van der Waals surface area contributed by atoms with Gasteiger partial charge < -0.3 is 15.3 Å². The number of benzene rings is 2. The first-order chi connectivity index (χ1) is 12.1. The number of carbonyl (C=O) groups excluding carboxylic acids is 1. The number of hydrogen-bond acceptors (Lipinski definition) is 5. The largest absolute Gasteiger partial charge is 0.387 e. The molecule has 1 aliphatic heterocycles. The molecule has 0 saturated carbocycles. The number of likely N-dealkylation sites (N-methyl/N-ethyl adjacent to an activating group) is 1. The third-order valence-corrected chi connectivity index (χ3v) is 5.60. The van der Waals surface area contributed by atoms with Crippen molar-refractivity contribution >= 4 is 33.1 Å². The number of anilines is 1. The van der Waals surface area contributed by atoms with Crippen molar-refractivity contribution in [3.63, 3.8) is 0 Å². The summed E-state index contributed by atoms with van der Waals surface area (Å²) in [5.41, 5.74) is 4.12. The molecule has 1 aromatic heterocycles. The molecule has 1 unspecified atom stereocenters. The lowest BCUT2D eigenvalue weighted by molar-refractivity contribution is 0.0916. The zero-order valence-electron chi connectivity index (χ0n) is 13.9. The van der Waals surface area contributed by atoms with Gasteiger partial charge in [0.15, 0.2) is 5.01 Å². The van der Waals surface area contributed by atoms with E-state index in [2.05, 4.69) is 22.2 Å². The summed E-state index contributed by atoms with van der Waals surface area (Å²) < 4.78 is 0.982. The standard InChI is InChI=1S/C19H19N3O2S/c1-22-9-8-12-10-13(6-7-15(12)22)16(23)11-20-18(24)19-21-14-4-2-3-5-17(14)25-19/h2-7,10,16,23H,8-9,11H2,1H3,(H,20,24). The Morgan fingerprint density at radius 3 is 3.04 bits per heavy atom. The molecule has 0 radical (unpaired) electrons. The van der Waals surface area contributed by atoms with Crippen LogP contribution in [0.4, 0.5) is 5.69 Å². The monoisotopic (exact) mass is 353 g/mol. The van der Waals surface area contributed by atoms with Crippen LogP contribution in [0, 0.1) is 0 Å². The van der Waals surface area contributed by atoms with Gasteiger partial charge in [-0.25, -0.2) is 4.98 Å². The second kappa shape index (κ2) is 6.46. The molecule has 2 aromatic carbocycles. The number of hydrogen-bond donors (Lipinski definition) is 2. The normalized spacial score (nSPS) is 14.6. The molecule has 25 heavy (non-hydrogen) atoms. The lowest BCUT2D eigenvalue weighted by atomic mass is 10.0. The number of rotatable bonds is 4. The minimum Gasteiger partial charge on any atom is -0.387 e. The minimum absolute atomic E-state index is 0.170. The highest BCUT2D eigenvalue weighted by molar-refractivity contribution is 7.20. The van der Waals surface area contributed by atoms with Gasteiger partial charge in [-0.15, -0.1) is 11.3 Å². The fourth-order valence-corrected chi connectivity index (χ4v) is 4.03. The molecule has 1 atom stereocenters. The number of nitrogens with zero attached hydrogens (tertiary/aromatic N) is 2. The lowest BCUT2D eigenvalue weighted by Gasteiger charge is -2.15. The molecule has 1 amide bonds. The molecule has 1 aliphatic rings. The van der Waals surface area contributed by atoms with Crippen molar-refractivity contribution in [3.05, 3.63) is 58.6 Å². The minimum atomic E-state index is -0.727. The fraction of sp³-hybridized carbons (Fsp3) is 0.263. The van der Waals surface area contributed by atoms with Gasteiger partial charge in [-0.05, 0) is 35.7 Å². The second-order valence-corrected chi connectivity index (χ2v) is 7.30. The van der Waals surface area contributed by atoms with Crippen molar-refractivity contribution in [2.75, 3.05) is 25.0 Å². The van der Waals surface area contributed by atoms with Gasteiger partial charge in [0.1, 0.15) is 0 Å². The molecule has 128 valence electrons. The van der Waals surface area contributed by atoms with E-state index < -0.39 is 6.10 Å². The first kappa shape index (κ1) is 16.1. The predicted molar refractivity (Wildman–Crippen MR) is 100 cm³/mol. The maximum absolute atomic E-state index is 12.3. The van der Waals surface area contributed by atoms with Gasteiger partial charge in [-0.1, -0.05) is 24.3 Å². The number of aliphatic hydroxyl groups is 1. The molecular formula is C19H19N3O2S. The highest BCUT2D eigenvalue weighted by atomic mass is 32.1. The Kier molecular flexibility index (Phi) is 4.15. The van der Waals surface area contributed by atoms with E-state index in [1.165, 1.54) is 22.6 Å². The van der Waals surface area contributed by atoms with Crippen molar-refractivity contribution in [2.45, 2.75) is 12.5 Å². The molecule has 0 saturated heterocycles. The van der Waals surface area contributed by atoms with Crippen molar-refractivity contribution < 1.29 is 9.90 Å². The van der Waals surface area contributed by atoms with E-state index in [0.717, 1.165) is 28.7 Å². The van der Waals surface area contributed by atoms with E-state index >= 15 is 0 Å². The van der Waals surface area contributed by atoms with Gasteiger partial charge in [0, 0.05) is 25.8 Å². The third-order valence-electron chi connectivity index (χ3n) is 4.56. The van der Waals surface area contributed by atoms with Gasteiger partial charge in [0.25, 0.3) is 5.91 Å². The molecule has 0 aliphatic carbocycles. The van der Waals surface area contributed by atoms with Crippen LogP contribution in [0.5, 0.6) is 0 Å². The molecule has 5 nitrogen and oxygen atoms in total. The smallest absolute Gasteiger partial charge is 0.280 e. The van der Waals surface area contributed by atoms with E-state index in [4.69, 9.17) is 0 Å². The Balaban J connectivity index is 1.43. The maximum Gasteiger partial charge on any atom is 0.280 e. The van der Waals surface area contributed by atoms with E-state index in [-0.39, 0.29) is 12.5 Å². The quantitative estimate of drug-likeness (QED) is 0.757. The first-order valence-electron chi connectivity index (χ1n) is 8.27. The predicted octanol–water partition coefficient (Wildman–Crippen LogP) is 2.75. The Morgan fingerprint density at radius 2 is 2.20 bits per heavy atom. The number of amides is 1. The molecule has 6 heteroatoms. The van der Waals surface area contributed by atoms with Crippen molar-refractivity contribution in [2.24, 2.45) is 0 Å². The highest BCUT2D eigenvalue weighted by Crippen LogP contribution is 2.29. The van der Waals surface area contributed by atoms with E-state index in [1.807, 2.05) is 42.5 Å². The van der Waals surface area contributed by atoms with Crippen LogP contribution in [0.15, 0.2) is 42.5 Å². The zero-order chi connectivity index (χ0) is 17.4. The summed E-state index contributed by atoms with van der Waals surface area (Å²) in [5.74, 6) is -0.249. The van der Waals surface area contributed by atoms with Crippen LogP contribution in [0.3, 0.4) is 0 Å². The van der Waals surface area contributed by atoms with Crippen molar-refractivity contribution in [1.29, 1.82) is 0 Å². The van der Waals surface area contributed by atoms with Gasteiger partial charge in [0.2, 0.25) is 0 Å². The topological polar surface area (TPSA) is 65.5 Å². The average molecular weight is 353 g/mol. The van der Waals surface area contributed by atoms with E-state index in [0.29, 0.717) is 5.01 Å². The molecule has 4 rings (SSSR count). The number of fused-ring (bicyclic) bond motifs is 2. The lowest BCUT2D eigenvalue weighted by Crippen LogP contribution is -2.28. The Labute approximate surface area is 149 Å². The number of nitrogens with one attached hydrogen (secondary N) is 1. The molecule has 3 aromatic rings. The van der Waals surface area contributed by atoms with E-state index in [1.54, 1.807) is 0 Å². The first-order valence-corrected chi connectivity index (χ1v) is 9.09. The van der Waals surface area contributed by atoms with Crippen LogP contribution in [-0.4, -0.2) is 36.1 Å². The summed E-state index contributed by atoms with van der Waals surface area (Å²) in [4.78, 5) is 18.8. The number of carbonyl (C=O) groups is 1. The van der Waals surface area contributed by atoms with Gasteiger partial charge in [-0.3, -0.25) is 4.79 Å². The summed E-state index contributed by atoms with van der Waals surface area (Å²) in [6, 6.07) is 13.7. The van der Waals surface area contributed by atoms with Crippen LogP contribution in [0.25, 0.3) is 10.2 Å². The van der Waals surface area contributed by atoms with Gasteiger partial charge in [0.05, 0.1) is 16.3 Å². The summed E-state index contributed by atoms with van der Waals surface area (Å²) >= 11 is 1.36. The van der Waals surface area contributed by atoms with Crippen LogP contribution < -0.4 is 10.2 Å². The Bertz CT molecular complexity index is 904. The molecule has 0 fully saturated rings. The third kappa shape index (κ3) is 3.10. The summed E-state index contributed by atoms with van der Waals surface area (Å²) in [5, 5.41) is 13.6. The van der Waals surface area contributed by atoms with E-state index in [9.17, 15) is 9.90 Å². The molecule has 0 bridgehead atoms. The van der Waals surface area contributed by atoms with Crippen molar-refractivity contribution in [1.82, 2.24) is 10.3 Å². The summed E-state index contributed by atoms with van der Waals surface area (Å²) in [6.07, 6.45) is 0.263. The Morgan fingerprint density at radius 1 is 1.36 bits per heavy atom. The van der Waals surface area contributed by atoms with Crippen molar-refractivity contribution in [3.8, 4) is 0 Å². The molecule has 2 heterocycles. The fourth-order valence-electron chi connectivity index (χ4n) is 3.15.